The van der Waals surface area contributed by atoms with Crippen molar-refractivity contribution in [1.82, 2.24) is 9.47 Å². The minimum atomic E-state index is -0.214. The maximum absolute atomic E-state index is 12.3. The van der Waals surface area contributed by atoms with Gasteiger partial charge in [0.15, 0.2) is 4.80 Å². The van der Waals surface area contributed by atoms with Crippen LogP contribution in [0.5, 0.6) is 5.75 Å². The Hall–Kier alpha value is -1.80. The van der Waals surface area contributed by atoms with E-state index in [-0.39, 0.29) is 17.6 Å². The largest absolute Gasteiger partial charge is 0.497 e. The van der Waals surface area contributed by atoms with Crippen LogP contribution in [0.15, 0.2) is 23.2 Å². The molecule has 1 aromatic carbocycles. The van der Waals surface area contributed by atoms with Crippen molar-refractivity contribution in [3.05, 3.63) is 23.0 Å². The molecule has 0 bridgehead atoms. The summed E-state index contributed by atoms with van der Waals surface area (Å²) in [6.07, 6.45) is 2.26. The minimum Gasteiger partial charge on any atom is -0.497 e. The fourth-order valence-electron chi connectivity index (χ4n) is 3.22. The number of aromatic nitrogens is 1. The molecule has 0 spiro atoms. The lowest BCUT2D eigenvalue weighted by Crippen LogP contribution is -2.40. The van der Waals surface area contributed by atoms with E-state index in [0.29, 0.717) is 16.5 Å². The maximum Gasteiger partial charge on any atom is 0.258 e. The monoisotopic (exact) mass is 407 g/mol. The first-order valence-electron chi connectivity index (χ1n) is 9.04. The number of piperidine rings is 1. The van der Waals surface area contributed by atoms with Gasteiger partial charge in [-0.1, -0.05) is 18.3 Å². The maximum atomic E-state index is 12.3. The zero-order chi connectivity index (χ0) is 19.4. The summed E-state index contributed by atoms with van der Waals surface area (Å²) in [5.74, 6) is 1.81. The molecule has 0 saturated carbocycles. The summed E-state index contributed by atoms with van der Waals surface area (Å²) in [7, 11) is 3.53. The number of thiazole rings is 1. The number of methoxy groups -OCH3 is 1. The van der Waals surface area contributed by atoms with Crippen molar-refractivity contribution in [2.24, 2.45) is 18.0 Å². The Balaban J connectivity index is 1.59. The topological polar surface area (TPSA) is 63.9 Å². The zero-order valence-electron chi connectivity index (χ0n) is 15.9. The van der Waals surface area contributed by atoms with Gasteiger partial charge in [-0.05, 0) is 37.0 Å². The van der Waals surface area contributed by atoms with Crippen molar-refractivity contribution in [2.75, 3.05) is 31.7 Å². The Bertz CT molecular complexity index is 903. The summed E-state index contributed by atoms with van der Waals surface area (Å²) < 4.78 is 8.17. The fourth-order valence-corrected chi connectivity index (χ4v) is 4.98. The number of hydrogen-bond acceptors (Lipinski definition) is 5. The molecule has 2 amide bonds. The van der Waals surface area contributed by atoms with Gasteiger partial charge in [0.05, 0.1) is 28.8 Å². The molecule has 1 fully saturated rings. The van der Waals surface area contributed by atoms with Gasteiger partial charge in [0.25, 0.3) is 5.91 Å². The Morgan fingerprint density at radius 1 is 1.37 bits per heavy atom. The summed E-state index contributed by atoms with van der Waals surface area (Å²) in [5.41, 5.74) is 1.01. The summed E-state index contributed by atoms with van der Waals surface area (Å²) in [5, 5.41) is 0. The van der Waals surface area contributed by atoms with Crippen LogP contribution in [0.1, 0.15) is 19.8 Å². The molecule has 0 N–H and O–H groups in total. The molecule has 146 valence electrons. The lowest BCUT2D eigenvalue weighted by atomic mass is 10.0. The number of thioether (sulfide) groups is 1. The van der Waals surface area contributed by atoms with Crippen LogP contribution in [0.4, 0.5) is 0 Å². The molecule has 27 heavy (non-hydrogen) atoms. The van der Waals surface area contributed by atoms with Crippen LogP contribution < -0.4 is 9.54 Å². The summed E-state index contributed by atoms with van der Waals surface area (Å²) in [4.78, 5) is 31.3. The van der Waals surface area contributed by atoms with E-state index in [4.69, 9.17) is 4.74 Å². The second-order valence-corrected chi connectivity index (χ2v) is 8.86. The Kier molecular flexibility index (Phi) is 6.59. The average Bonchev–Trinajstić information content (AvgIpc) is 2.96. The highest BCUT2D eigenvalue weighted by molar-refractivity contribution is 8.00. The van der Waals surface area contributed by atoms with E-state index in [1.807, 2.05) is 34.7 Å². The second-order valence-electron chi connectivity index (χ2n) is 6.86. The molecule has 0 radical (unpaired) electrons. The van der Waals surface area contributed by atoms with E-state index in [2.05, 4.69) is 11.9 Å². The quantitative estimate of drug-likeness (QED) is 0.764. The first kappa shape index (κ1) is 19.9. The van der Waals surface area contributed by atoms with Gasteiger partial charge in [-0.15, -0.1) is 11.8 Å². The van der Waals surface area contributed by atoms with Crippen molar-refractivity contribution < 1.29 is 14.3 Å². The van der Waals surface area contributed by atoms with Gasteiger partial charge < -0.3 is 14.2 Å². The number of aryl methyl sites for hydroxylation is 1. The molecule has 1 aliphatic rings. The van der Waals surface area contributed by atoms with E-state index in [1.165, 1.54) is 29.5 Å². The molecule has 3 rings (SSSR count). The van der Waals surface area contributed by atoms with Crippen LogP contribution in [0.25, 0.3) is 10.2 Å². The second kappa shape index (κ2) is 8.93. The molecule has 6 nitrogen and oxygen atoms in total. The SMILES string of the molecule is COc1ccc2c(c1)sc(=NC(=O)CSCC(=O)N1CCCC(C)C1)n2C. The third kappa shape index (κ3) is 4.93. The molecular formula is C19H25N3O3S2. The van der Waals surface area contributed by atoms with Crippen molar-refractivity contribution in [3.8, 4) is 5.75 Å². The number of carbonyl (C=O) groups is 2. The minimum absolute atomic E-state index is 0.124. The highest BCUT2D eigenvalue weighted by Crippen LogP contribution is 2.22. The van der Waals surface area contributed by atoms with Gasteiger partial charge in [-0.2, -0.15) is 4.99 Å². The van der Waals surface area contributed by atoms with Crippen LogP contribution in [0.3, 0.4) is 0 Å². The molecule has 1 atom stereocenters. The predicted molar refractivity (Wildman–Crippen MR) is 110 cm³/mol. The molecule has 8 heteroatoms. The van der Waals surface area contributed by atoms with Crippen LogP contribution in [-0.2, 0) is 16.6 Å². The Morgan fingerprint density at radius 2 is 2.19 bits per heavy atom. The van der Waals surface area contributed by atoms with Crippen LogP contribution >= 0.6 is 23.1 Å². The van der Waals surface area contributed by atoms with Crippen molar-refractivity contribution in [2.45, 2.75) is 19.8 Å². The van der Waals surface area contributed by atoms with Crippen molar-refractivity contribution in [1.29, 1.82) is 0 Å². The zero-order valence-corrected chi connectivity index (χ0v) is 17.6. The number of benzene rings is 1. The van der Waals surface area contributed by atoms with Crippen LogP contribution in [-0.4, -0.2) is 53.0 Å². The number of likely N-dealkylation sites (tertiary alicyclic amines) is 1. The molecule has 2 heterocycles. The molecule has 1 unspecified atom stereocenters. The number of hydrogen-bond donors (Lipinski definition) is 0. The van der Waals surface area contributed by atoms with E-state index in [1.54, 1.807) is 7.11 Å². The molecule has 2 aromatic rings. The average molecular weight is 408 g/mol. The first-order chi connectivity index (χ1) is 13.0. The summed E-state index contributed by atoms with van der Waals surface area (Å²) >= 11 is 2.80. The standard InChI is InChI=1S/C19H25N3O3S2/c1-13-5-4-8-22(10-13)18(24)12-26-11-17(23)20-19-21(2)15-7-6-14(25-3)9-16(15)27-19/h6-7,9,13H,4-5,8,10-12H2,1-3H3. The number of rotatable bonds is 5. The molecule has 1 aliphatic heterocycles. The highest BCUT2D eigenvalue weighted by Gasteiger charge is 2.20. The molecule has 1 saturated heterocycles. The van der Waals surface area contributed by atoms with Gasteiger partial charge in [0.2, 0.25) is 5.91 Å². The smallest absolute Gasteiger partial charge is 0.258 e. The van der Waals surface area contributed by atoms with Gasteiger partial charge in [0.1, 0.15) is 5.75 Å². The first-order valence-corrected chi connectivity index (χ1v) is 11.0. The lowest BCUT2D eigenvalue weighted by molar-refractivity contribution is -0.130. The Labute approximate surface area is 167 Å². The Morgan fingerprint density at radius 3 is 2.93 bits per heavy atom. The third-order valence-corrected chi connectivity index (χ3v) is 6.69. The summed E-state index contributed by atoms with van der Waals surface area (Å²) in [6, 6.07) is 5.79. The third-order valence-electron chi connectivity index (χ3n) is 4.70. The molecule has 1 aromatic heterocycles. The van der Waals surface area contributed by atoms with Gasteiger partial charge in [0, 0.05) is 20.1 Å². The van der Waals surface area contributed by atoms with Crippen LogP contribution in [0, 0.1) is 5.92 Å². The number of fused-ring (bicyclic) bond motifs is 1. The number of amides is 2. The van der Waals surface area contributed by atoms with E-state index >= 15 is 0 Å². The van der Waals surface area contributed by atoms with E-state index in [0.717, 1.165) is 35.5 Å². The van der Waals surface area contributed by atoms with Gasteiger partial charge in [-0.3, -0.25) is 9.59 Å². The number of nitrogens with zero attached hydrogens (tertiary/aromatic N) is 3. The fraction of sp³-hybridized carbons (Fsp3) is 0.526. The molecular weight excluding hydrogens is 382 g/mol. The molecule has 0 aliphatic carbocycles. The van der Waals surface area contributed by atoms with E-state index in [9.17, 15) is 9.59 Å². The van der Waals surface area contributed by atoms with Crippen LogP contribution in [0.2, 0.25) is 0 Å². The van der Waals surface area contributed by atoms with Gasteiger partial charge >= 0.3 is 0 Å². The highest BCUT2D eigenvalue weighted by atomic mass is 32.2. The summed E-state index contributed by atoms with van der Waals surface area (Å²) in [6.45, 7) is 3.84. The van der Waals surface area contributed by atoms with Crippen molar-refractivity contribution >= 4 is 45.1 Å². The number of ether oxygens (including phenoxy) is 1. The lowest BCUT2D eigenvalue weighted by Gasteiger charge is -2.30. The normalized spacial score (nSPS) is 18.1. The predicted octanol–water partition coefficient (Wildman–Crippen LogP) is 2.67. The number of carbonyl (C=O) groups excluding carboxylic acids is 2. The van der Waals surface area contributed by atoms with Crippen molar-refractivity contribution in [3.63, 3.8) is 0 Å². The van der Waals surface area contributed by atoms with E-state index < -0.39 is 0 Å². The van der Waals surface area contributed by atoms with Gasteiger partial charge in [-0.25, -0.2) is 0 Å².